The maximum Gasteiger partial charge on any atom is 0.221 e. The summed E-state index contributed by atoms with van der Waals surface area (Å²) in [5, 5.41) is 2.86. The minimum Gasteiger partial charge on any atom is -0.352 e. The van der Waals surface area contributed by atoms with Gasteiger partial charge in [-0.2, -0.15) is 4.31 Å². The molecule has 128 valence electrons. The molecule has 0 saturated heterocycles. The monoisotopic (exact) mass is 338 g/mol. The number of sulfonamides is 1. The van der Waals surface area contributed by atoms with E-state index in [1.54, 1.807) is 0 Å². The van der Waals surface area contributed by atoms with Gasteiger partial charge in [0.2, 0.25) is 15.9 Å². The molecule has 6 heteroatoms. The number of hydrogen-bond donors (Lipinski definition) is 1. The highest BCUT2D eigenvalue weighted by Gasteiger charge is 2.29. The van der Waals surface area contributed by atoms with E-state index >= 15 is 0 Å². The molecule has 5 nitrogen and oxygen atoms in total. The smallest absolute Gasteiger partial charge is 0.221 e. The molecule has 1 N–H and O–H groups in total. The van der Waals surface area contributed by atoms with Crippen molar-refractivity contribution in [2.75, 3.05) is 12.8 Å². The van der Waals surface area contributed by atoms with E-state index in [4.69, 9.17) is 0 Å². The summed E-state index contributed by atoms with van der Waals surface area (Å²) in [6.45, 7) is 2.75. The van der Waals surface area contributed by atoms with Gasteiger partial charge in [0.25, 0.3) is 0 Å². The molecule has 1 aromatic carbocycles. The topological polar surface area (TPSA) is 66.5 Å². The Morgan fingerprint density at radius 1 is 1.30 bits per heavy atom. The molecule has 0 heterocycles. The molecule has 2 rings (SSSR count). The van der Waals surface area contributed by atoms with E-state index in [-0.39, 0.29) is 24.9 Å². The number of aryl methyl sites for hydroxylation is 1. The van der Waals surface area contributed by atoms with Crippen LogP contribution in [0.5, 0.6) is 0 Å². The summed E-state index contributed by atoms with van der Waals surface area (Å²) >= 11 is 0. The lowest BCUT2D eigenvalue weighted by Gasteiger charge is -2.26. The molecule has 1 aliphatic rings. The maximum atomic E-state index is 12.0. The molecular weight excluding hydrogens is 312 g/mol. The molecule has 0 atom stereocenters. The fraction of sp³-hybridized carbons (Fsp3) is 0.588. The number of hydrogen-bond acceptors (Lipinski definition) is 3. The predicted molar refractivity (Wildman–Crippen MR) is 91.4 cm³/mol. The second-order valence-electron chi connectivity index (χ2n) is 6.33. The Balaban J connectivity index is 1.84. The van der Waals surface area contributed by atoms with Gasteiger partial charge in [0, 0.05) is 25.6 Å². The third-order valence-corrected chi connectivity index (χ3v) is 5.62. The zero-order valence-corrected chi connectivity index (χ0v) is 14.7. The Kier molecular flexibility index (Phi) is 6.18. The van der Waals surface area contributed by atoms with Gasteiger partial charge in [-0.1, -0.05) is 42.7 Å². The van der Waals surface area contributed by atoms with Crippen LogP contribution in [-0.2, 0) is 21.4 Å². The Morgan fingerprint density at radius 2 is 2.00 bits per heavy atom. The second-order valence-corrected chi connectivity index (χ2v) is 8.26. The molecule has 0 aromatic heterocycles. The van der Waals surface area contributed by atoms with Gasteiger partial charge in [0.05, 0.1) is 6.26 Å². The molecular formula is C17H26N2O3S. The Labute approximate surface area is 139 Å². The van der Waals surface area contributed by atoms with Crippen molar-refractivity contribution in [2.45, 2.75) is 51.6 Å². The summed E-state index contributed by atoms with van der Waals surface area (Å²) in [4.78, 5) is 12.0. The molecule has 0 radical (unpaired) electrons. The fourth-order valence-corrected chi connectivity index (χ4v) is 4.31. The van der Waals surface area contributed by atoms with Gasteiger partial charge in [-0.15, -0.1) is 0 Å². The minimum absolute atomic E-state index is 0.0644. The van der Waals surface area contributed by atoms with Crippen molar-refractivity contribution in [1.82, 2.24) is 9.62 Å². The van der Waals surface area contributed by atoms with Gasteiger partial charge in [-0.3, -0.25) is 4.79 Å². The van der Waals surface area contributed by atoms with Gasteiger partial charge in [0.1, 0.15) is 0 Å². The van der Waals surface area contributed by atoms with E-state index in [0.717, 1.165) is 36.8 Å². The number of nitrogens with one attached hydrogen (secondary N) is 1. The molecule has 23 heavy (non-hydrogen) atoms. The summed E-state index contributed by atoms with van der Waals surface area (Å²) in [5.41, 5.74) is 2.20. The lowest BCUT2D eigenvalue weighted by molar-refractivity contribution is -0.121. The molecule has 1 aromatic rings. The third-order valence-electron chi connectivity index (χ3n) is 4.29. The van der Waals surface area contributed by atoms with Crippen LogP contribution in [0.15, 0.2) is 24.3 Å². The van der Waals surface area contributed by atoms with Crippen LogP contribution >= 0.6 is 0 Å². The average molecular weight is 338 g/mol. The van der Waals surface area contributed by atoms with Crippen molar-refractivity contribution < 1.29 is 13.2 Å². The van der Waals surface area contributed by atoms with Crippen molar-refractivity contribution in [2.24, 2.45) is 0 Å². The Bertz CT molecular complexity index is 637. The third kappa shape index (κ3) is 5.62. The van der Waals surface area contributed by atoms with E-state index in [1.165, 1.54) is 10.6 Å². The van der Waals surface area contributed by atoms with Gasteiger partial charge in [-0.25, -0.2) is 8.42 Å². The molecule has 0 aliphatic heterocycles. The van der Waals surface area contributed by atoms with Crippen molar-refractivity contribution in [3.63, 3.8) is 0 Å². The van der Waals surface area contributed by atoms with Crippen molar-refractivity contribution in [1.29, 1.82) is 0 Å². The molecule has 1 amide bonds. The van der Waals surface area contributed by atoms with Gasteiger partial charge >= 0.3 is 0 Å². The Hall–Kier alpha value is -1.40. The number of carbonyl (C=O) groups is 1. The summed E-state index contributed by atoms with van der Waals surface area (Å²) in [6, 6.07) is 8.03. The highest BCUT2D eigenvalue weighted by Crippen LogP contribution is 2.25. The largest absolute Gasteiger partial charge is 0.352 e. The van der Waals surface area contributed by atoms with Crippen LogP contribution in [0.2, 0.25) is 0 Å². The first-order chi connectivity index (χ1) is 10.9. The molecule has 1 fully saturated rings. The standard InChI is InChI=1S/C17H26N2O3S/c1-14-6-5-7-15(12-14)13-18-17(20)10-11-19(23(2,21)22)16-8-3-4-9-16/h5-7,12,16H,3-4,8-11,13H2,1-2H3,(H,18,20). The zero-order chi connectivity index (χ0) is 16.9. The van der Waals surface area contributed by atoms with Crippen LogP contribution in [0.3, 0.4) is 0 Å². The minimum atomic E-state index is -3.26. The first-order valence-electron chi connectivity index (χ1n) is 8.15. The van der Waals surface area contributed by atoms with Gasteiger partial charge < -0.3 is 5.32 Å². The number of benzene rings is 1. The summed E-state index contributed by atoms with van der Waals surface area (Å²) in [6.07, 6.45) is 5.37. The van der Waals surface area contributed by atoms with Crippen LogP contribution in [0.25, 0.3) is 0 Å². The van der Waals surface area contributed by atoms with Crippen molar-refractivity contribution in [3.8, 4) is 0 Å². The molecule has 0 unspecified atom stereocenters. The van der Waals surface area contributed by atoms with Crippen molar-refractivity contribution in [3.05, 3.63) is 35.4 Å². The zero-order valence-electron chi connectivity index (χ0n) is 13.9. The lowest BCUT2D eigenvalue weighted by atomic mass is 10.1. The normalized spacial score (nSPS) is 16.0. The number of carbonyl (C=O) groups excluding carboxylic acids is 1. The van der Waals surface area contributed by atoms with E-state index in [0.29, 0.717) is 6.54 Å². The lowest BCUT2D eigenvalue weighted by Crippen LogP contribution is -2.40. The van der Waals surface area contributed by atoms with E-state index in [1.807, 2.05) is 31.2 Å². The SMILES string of the molecule is Cc1cccc(CNC(=O)CCN(C2CCCC2)S(C)(=O)=O)c1. The van der Waals surface area contributed by atoms with E-state index in [9.17, 15) is 13.2 Å². The summed E-state index contributed by atoms with van der Waals surface area (Å²) in [7, 11) is -3.26. The van der Waals surface area contributed by atoms with Crippen LogP contribution in [0.4, 0.5) is 0 Å². The molecule has 0 bridgehead atoms. The van der Waals surface area contributed by atoms with E-state index < -0.39 is 10.0 Å². The fourth-order valence-electron chi connectivity index (χ4n) is 3.13. The highest BCUT2D eigenvalue weighted by atomic mass is 32.2. The number of nitrogens with zero attached hydrogens (tertiary/aromatic N) is 1. The average Bonchev–Trinajstić information content (AvgIpc) is 2.98. The number of amides is 1. The molecule has 1 aliphatic carbocycles. The van der Waals surface area contributed by atoms with E-state index in [2.05, 4.69) is 5.32 Å². The summed E-state index contributed by atoms with van der Waals surface area (Å²) < 4.78 is 25.4. The molecule has 0 spiro atoms. The van der Waals surface area contributed by atoms with Gasteiger partial charge in [-0.05, 0) is 25.3 Å². The number of rotatable bonds is 7. The van der Waals surface area contributed by atoms with Crippen molar-refractivity contribution >= 4 is 15.9 Å². The predicted octanol–water partition coefficient (Wildman–Crippen LogP) is 2.21. The first kappa shape index (κ1) is 17.9. The second kappa shape index (κ2) is 7.93. The quantitative estimate of drug-likeness (QED) is 0.829. The van der Waals surface area contributed by atoms with Crippen LogP contribution in [0, 0.1) is 6.92 Å². The molecule has 1 saturated carbocycles. The van der Waals surface area contributed by atoms with Crippen LogP contribution < -0.4 is 5.32 Å². The van der Waals surface area contributed by atoms with Crippen LogP contribution in [0.1, 0.15) is 43.2 Å². The van der Waals surface area contributed by atoms with Gasteiger partial charge in [0.15, 0.2) is 0 Å². The summed E-state index contributed by atoms with van der Waals surface area (Å²) in [5.74, 6) is -0.113. The first-order valence-corrected chi connectivity index (χ1v) is 10.00. The highest BCUT2D eigenvalue weighted by molar-refractivity contribution is 7.88. The Morgan fingerprint density at radius 3 is 2.61 bits per heavy atom. The maximum absolute atomic E-state index is 12.0. The van der Waals surface area contributed by atoms with Crippen LogP contribution in [-0.4, -0.2) is 37.5 Å².